The minimum atomic E-state index is -0.916. The van der Waals surface area contributed by atoms with Gasteiger partial charge in [0.2, 0.25) is 0 Å². The van der Waals surface area contributed by atoms with Crippen molar-refractivity contribution in [2.24, 2.45) is 0 Å². The van der Waals surface area contributed by atoms with Gasteiger partial charge >= 0.3 is 17.1 Å². The number of carboxylic acid groups (broad SMARTS) is 1. The second-order valence-corrected chi connectivity index (χ2v) is 2.89. The maximum absolute atomic E-state index is 9.98. The Morgan fingerprint density at radius 1 is 1.08 bits per heavy atom. The van der Waals surface area contributed by atoms with E-state index in [1.165, 1.54) is 25.7 Å². The number of hydrogen-bond acceptors (Lipinski definition) is 2. The van der Waals surface area contributed by atoms with Crippen LogP contribution in [0.1, 0.15) is 51.9 Å². The van der Waals surface area contributed by atoms with Crippen molar-refractivity contribution in [2.75, 3.05) is 0 Å². The van der Waals surface area contributed by atoms with E-state index >= 15 is 0 Å². The fourth-order valence-electron chi connectivity index (χ4n) is 1.05. The molecule has 0 bridgehead atoms. The first-order valence-electron chi connectivity index (χ1n) is 4.47. The zero-order chi connectivity index (χ0) is 8.53. The summed E-state index contributed by atoms with van der Waals surface area (Å²) in [6.07, 6.45) is 6.96. The molecule has 0 atom stereocenters. The van der Waals surface area contributed by atoms with Crippen LogP contribution in [-0.2, 0) is 21.9 Å². The summed E-state index contributed by atoms with van der Waals surface area (Å²) in [6, 6.07) is 0. The zero-order valence-corrected chi connectivity index (χ0v) is 8.51. The molecule has 0 spiro atoms. The third-order valence-electron chi connectivity index (χ3n) is 1.73. The molecule has 0 N–H and O–H groups in total. The molecule has 0 heterocycles. The van der Waals surface area contributed by atoms with Crippen molar-refractivity contribution < 1.29 is 27.0 Å². The van der Waals surface area contributed by atoms with Gasteiger partial charge in [-0.15, -0.1) is 0 Å². The molecule has 0 saturated carbocycles. The van der Waals surface area contributed by atoms with Crippen LogP contribution >= 0.6 is 0 Å². The monoisotopic (exact) mass is 220 g/mol. The Morgan fingerprint density at radius 3 is 2.08 bits per heavy atom. The first-order valence-corrected chi connectivity index (χ1v) is 4.47. The van der Waals surface area contributed by atoms with E-state index in [1.54, 1.807) is 0 Å². The summed E-state index contributed by atoms with van der Waals surface area (Å²) in [5.41, 5.74) is 0. The van der Waals surface area contributed by atoms with E-state index in [0.717, 1.165) is 12.8 Å². The van der Waals surface area contributed by atoms with Gasteiger partial charge in [-0.1, -0.05) is 39.0 Å². The normalized spacial score (nSPS) is 9.08. The Hall–Kier alpha value is -0.0105. The maximum Gasteiger partial charge on any atom is 2.00 e. The number of carboxylic acids is 1. The summed E-state index contributed by atoms with van der Waals surface area (Å²) in [5, 5.41) is 9.98. The second kappa shape index (κ2) is 11.0. The van der Waals surface area contributed by atoms with Crippen LogP contribution in [0.15, 0.2) is 0 Å². The van der Waals surface area contributed by atoms with Gasteiger partial charge in [-0.05, 0) is 12.8 Å². The number of aliphatic carboxylic acids is 1. The molecule has 0 saturated heterocycles. The Balaban J connectivity index is 0. The topological polar surface area (TPSA) is 40.1 Å². The van der Waals surface area contributed by atoms with Crippen molar-refractivity contribution in [1.82, 2.24) is 0 Å². The number of carbonyl (C=O) groups is 1. The van der Waals surface area contributed by atoms with E-state index < -0.39 is 5.97 Å². The quantitative estimate of drug-likeness (QED) is 0.482. The Morgan fingerprint density at radius 2 is 1.58 bits per heavy atom. The van der Waals surface area contributed by atoms with Gasteiger partial charge in [0.1, 0.15) is 0 Å². The van der Waals surface area contributed by atoms with Crippen LogP contribution < -0.4 is 5.11 Å². The minimum absolute atomic E-state index is 0. The molecule has 0 aliphatic heterocycles. The van der Waals surface area contributed by atoms with Gasteiger partial charge in [-0.2, -0.15) is 0 Å². The van der Waals surface area contributed by atoms with Gasteiger partial charge in [0, 0.05) is 5.97 Å². The average molecular weight is 221 g/mol. The SMILES string of the molecule is CCCCCCCCC(=O)[O-].[Cu+2]. The predicted octanol–water partition coefficient (Wildman–Crippen LogP) is 1.48. The molecule has 0 rings (SSSR count). The van der Waals surface area contributed by atoms with Crippen LogP contribution in [0, 0.1) is 0 Å². The molecule has 3 heteroatoms. The summed E-state index contributed by atoms with van der Waals surface area (Å²) >= 11 is 0. The summed E-state index contributed by atoms with van der Waals surface area (Å²) < 4.78 is 0. The van der Waals surface area contributed by atoms with Crippen molar-refractivity contribution in [3.63, 3.8) is 0 Å². The molecule has 0 fully saturated rings. The molecule has 0 aromatic carbocycles. The van der Waals surface area contributed by atoms with Crippen molar-refractivity contribution in [2.45, 2.75) is 51.9 Å². The molecule has 0 amide bonds. The van der Waals surface area contributed by atoms with Gasteiger partial charge < -0.3 is 9.90 Å². The molecule has 0 aliphatic rings. The fourth-order valence-corrected chi connectivity index (χ4v) is 1.05. The van der Waals surface area contributed by atoms with Gasteiger partial charge in [0.15, 0.2) is 0 Å². The Labute approximate surface area is 85.2 Å². The molecule has 0 aromatic heterocycles. The Kier molecular flexibility index (Phi) is 13.3. The molecular weight excluding hydrogens is 204 g/mol. The average Bonchev–Trinajstić information content (AvgIpc) is 1.96. The molecule has 0 unspecified atom stereocenters. The largest absolute Gasteiger partial charge is 2.00 e. The van der Waals surface area contributed by atoms with Gasteiger partial charge in [0.25, 0.3) is 0 Å². The maximum atomic E-state index is 9.98. The summed E-state index contributed by atoms with van der Waals surface area (Å²) in [6.45, 7) is 2.17. The molecule has 0 aliphatic carbocycles. The first kappa shape index (κ1) is 14.5. The van der Waals surface area contributed by atoms with Crippen molar-refractivity contribution in [3.05, 3.63) is 0 Å². The summed E-state index contributed by atoms with van der Waals surface area (Å²) in [7, 11) is 0. The van der Waals surface area contributed by atoms with E-state index in [9.17, 15) is 9.90 Å². The van der Waals surface area contributed by atoms with E-state index in [4.69, 9.17) is 0 Å². The van der Waals surface area contributed by atoms with Gasteiger partial charge in [0.05, 0.1) is 0 Å². The summed E-state index contributed by atoms with van der Waals surface area (Å²) in [5.74, 6) is -0.916. The Bertz CT molecular complexity index is 105. The second-order valence-electron chi connectivity index (χ2n) is 2.89. The summed E-state index contributed by atoms with van der Waals surface area (Å²) in [4.78, 5) is 9.98. The van der Waals surface area contributed by atoms with Crippen molar-refractivity contribution in [1.29, 1.82) is 0 Å². The molecule has 12 heavy (non-hydrogen) atoms. The van der Waals surface area contributed by atoms with E-state index in [1.807, 2.05) is 0 Å². The molecular formula is C9H17CuO2+. The molecule has 0 aromatic rings. The van der Waals surface area contributed by atoms with Crippen LogP contribution in [0.5, 0.6) is 0 Å². The minimum Gasteiger partial charge on any atom is -0.550 e. The van der Waals surface area contributed by atoms with Crippen LogP contribution in [0.3, 0.4) is 0 Å². The third-order valence-corrected chi connectivity index (χ3v) is 1.73. The zero-order valence-electron chi connectivity index (χ0n) is 7.57. The fraction of sp³-hybridized carbons (Fsp3) is 0.889. The van der Waals surface area contributed by atoms with Crippen molar-refractivity contribution in [3.8, 4) is 0 Å². The van der Waals surface area contributed by atoms with Crippen LogP contribution in [0.4, 0.5) is 0 Å². The van der Waals surface area contributed by atoms with Crippen LogP contribution in [0.25, 0.3) is 0 Å². The van der Waals surface area contributed by atoms with E-state index in [2.05, 4.69) is 6.92 Å². The standard InChI is InChI=1S/C9H18O2.Cu/c1-2-3-4-5-6-7-8-9(10)11;/h2-8H2,1H3,(H,10,11);/q;+2/p-1. The first-order chi connectivity index (χ1) is 5.27. The molecule has 1 radical (unpaired) electrons. The number of carbonyl (C=O) groups excluding carboxylic acids is 1. The van der Waals surface area contributed by atoms with E-state index in [-0.39, 0.29) is 23.5 Å². The van der Waals surface area contributed by atoms with Gasteiger partial charge in [-0.25, -0.2) is 0 Å². The molecule has 2 nitrogen and oxygen atoms in total. The van der Waals surface area contributed by atoms with Crippen LogP contribution in [0.2, 0.25) is 0 Å². The van der Waals surface area contributed by atoms with Crippen LogP contribution in [-0.4, -0.2) is 5.97 Å². The number of hydrogen-bond donors (Lipinski definition) is 0. The number of unbranched alkanes of at least 4 members (excludes halogenated alkanes) is 5. The third kappa shape index (κ3) is 12.6. The van der Waals surface area contributed by atoms with Gasteiger partial charge in [-0.3, -0.25) is 0 Å². The molecule has 75 valence electrons. The van der Waals surface area contributed by atoms with Crippen molar-refractivity contribution >= 4 is 5.97 Å². The predicted molar refractivity (Wildman–Crippen MR) is 43.0 cm³/mol. The number of rotatable bonds is 7. The van der Waals surface area contributed by atoms with E-state index in [0.29, 0.717) is 0 Å². The smallest absolute Gasteiger partial charge is 0.550 e.